The van der Waals surface area contributed by atoms with Crippen LogP contribution in [0.15, 0.2) is 12.3 Å². The largest absolute Gasteiger partial charge is 0.471 e. The van der Waals surface area contributed by atoms with Gasteiger partial charge in [-0.25, -0.2) is 0 Å². The normalized spacial score (nSPS) is 13.6. The Labute approximate surface area is 90.4 Å². The number of carbonyl (C=O) groups excluding carboxylic acids is 1. The van der Waals surface area contributed by atoms with Gasteiger partial charge in [-0.15, -0.1) is 0 Å². The zero-order chi connectivity index (χ0) is 12.3. The van der Waals surface area contributed by atoms with E-state index in [0.29, 0.717) is 12.2 Å². The molecule has 1 heterocycles. The van der Waals surface area contributed by atoms with Gasteiger partial charge in [-0.05, 0) is 19.9 Å². The Morgan fingerprint density at radius 3 is 2.69 bits per heavy atom. The molecule has 1 aromatic rings. The molecule has 16 heavy (non-hydrogen) atoms. The maximum absolute atomic E-state index is 12.0. The second-order valence-corrected chi connectivity index (χ2v) is 3.29. The minimum Gasteiger partial charge on any atom is -0.340 e. The molecule has 0 saturated heterocycles. The van der Waals surface area contributed by atoms with Crippen molar-refractivity contribution in [3.63, 3.8) is 0 Å². The third-order valence-corrected chi connectivity index (χ3v) is 2.03. The van der Waals surface area contributed by atoms with Crippen molar-refractivity contribution in [1.29, 1.82) is 0 Å². The summed E-state index contributed by atoms with van der Waals surface area (Å²) in [5.41, 5.74) is 0.402. The predicted molar refractivity (Wildman–Crippen MR) is 50.5 cm³/mol. The summed E-state index contributed by atoms with van der Waals surface area (Å²) in [5, 5.41) is 5.83. The Hall–Kier alpha value is -1.53. The fraction of sp³-hybridized carbons (Fsp3) is 0.556. The molecule has 1 atom stereocenters. The van der Waals surface area contributed by atoms with Crippen LogP contribution in [0, 0.1) is 0 Å². The number of nitrogens with one attached hydrogen (secondary N) is 1. The van der Waals surface area contributed by atoms with Crippen LogP contribution in [0.4, 0.5) is 13.2 Å². The number of aryl methyl sites for hydroxylation is 1. The second-order valence-electron chi connectivity index (χ2n) is 3.29. The minimum atomic E-state index is -4.86. The third-order valence-electron chi connectivity index (χ3n) is 2.03. The molecule has 0 aromatic carbocycles. The monoisotopic (exact) mass is 235 g/mol. The zero-order valence-electron chi connectivity index (χ0n) is 8.88. The number of rotatable bonds is 3. The van der Waals surface area contributed by atoms with Crippen LogP contribution in [0.25, 0.3) is 0 Å². The quantitative estimate of drug-likeness (QED) is 0.865. The van der Waals surface area contributed by atoms with Crippen LogP contribution in [0.2, 0.25) is 0 Å². The maximum atomic E-state index is 12.0. The van der Waals surface area contributed by atoms with Crippen molar-refractivity contribution in [1.82, 2.24) is 15.1 Å². The number of carbonyl (C=O) groups is 1. The zero-order valence-corrected chi connectivity index (χ0v) is 8.88. The van der Waals surface area contributed by atoms with Crippen molar-refractivity contribution in [2.24, 2.45) is 0 Å². The summed E-state index contributed by atoms with van der Waals surface area (Å²) in [6.07, 6.45) is -3.22. The van der Waals surface area contributed by atoms with Crippen molar-refractivity contribution in [3.8, 4) is 0 Å². The Morgan fingerprint density at radius 2 is 2.25 bits per heavy atom. The summed E-state index contributed by atoms with van der Waals surface area (Å²) >= 11 is 0. The lowest BCUT2D eigenvalue weighted by Gasteiger charge is -2.12. The van der Waals surface area contributed by atoms with Crippen molar-refractivity contribution in [2.45, 2.75) is 32.6 Å². The van der Waals surface area contributed by atoms with Crippen molar-refractivity contribution < 1.29 is 18.0 Å². The van der Waals surface area contributed by atoms with E-state index in [1.807, 2.05) is 12.2 Å². The summed E-state index contributed by atoms with van der Waals surface area (Å²) in [6.45, 7) is 3.93. The fourth-order valence-corrected chi connectivity index (χ4v) is 1.14. The first-order valence-corrected chi connectivity index (χ1v) is 4.75. The Kier molecular flexibility index (Phi) is 3.56. The van der Waals surface area contributed by atoms with Gasteiger partial charge in [0, 0.05) is 12.7 Å². The highest BCUT2D eigenvalue weighted by atomic mass is 19.4. The van der Waals surface area contributed by atoms with E-state index in [-0.39, 0.29) is 0 Å². The summed E-state index contributed by atoms with van der Waals surface area (Å²) in [4.78, 5) is 10.7. The molecule has 0 aliphatic rings. The molecule has 1 amide bonds. The van der Waals surface area contributed by atoms with E-state index in [0.717, 1.165) is 0 Å². The standard InChI is InChI=1S/C9H12F3N3O/c1-3-15-5-4-7(14-15)6(2)13-8(16)9(10,11)12/h4-6H,3H2,1-2H3,(H,13,16). The van der Waals surface area contributed by atoms with Gasteiger partial charge in [0.15, 0.2) is 0 Å². The van der Waals surface area contributed by atoms with E-state index >= 15 is 0 Å². The van der Waals surface area contributed by atoms with Gasteiger partial charge in [-0.1, -0.05) is 0 Å². The van der Waals surface area contributed by atoms with E-state index in [1.165, 1.54) is 6.92 Å². The highest BCUT2D eigenvalue weighted by molar-refractivity contribution is 5.81. The molecule has 1 N–H and O–H groups in total. The second kappa shape index (κ2) is 4.54. The predicted octanol–water partition coefficient (Wildman–Crippen LogP) is 1.64. The van der Waals surface area contributed by atoms with Gasteiger partial charge in [0.1, 0.15) is 0 Å². The number of halogens is 3. The van der Waals surface area contributed by atoms with Crippen LogP contribution in [0.1, 0.15) is 25.6 Å². The summed E-state index contributed by atoms with van der Waals surface area (Å²) < 4.78 is 37.5. The SMILES string of the molecule is CCn1ccc(C(C)NC(=O)C(F)(F)F)n1. The molecule has 0 spiro atoms. The summed E-state index contributed by atoms with van der Waals surface area (Å²) in [6, 6.07) is 0.812. The third kappa shape index (κ3) is 2.98. The van der Waals surface area contributed by atoms with Gasteiger partial charge in [0.05, 0.1) is 11.7 Å². The number of nitrogens with zero attached hydrogens (tertiary/aromatic N) is 2. The van der Waals surface area contributed by atoms with Gasteiger partial charge >= 0.3 is 12.1 Å². The molecular formula is C9H12F3N3O. The van der Waals surface area contributed by atoms with Crippen LogP contribution >= 0.6 is 0 Å². The number of hydrogen-bond donors (Lipinski definition) is 1. The van der Waals surface area contributed by atoms with E-state index < -0.39 is 18.1 Å². The molecule has 0 radical (unpaired) electrons. The minimum absolute atomic E-state index is 0.402. The first-order valence-electron chi connectivity index (χ1n) is 4.75. The lowest BCUT2D eigenvalue weighted by molar-refractivity contribution is -0.174. The average molecular weight is 235 g/mol. The van der Waals surface area contributed by atoms with Gasteiger partial charge in [0.25, 0.3) is 0 Å². The van der Waals surface area contributed by atoms with Crippen LogP contribution in [0.3, 0.4) is 0 Å². The molecule has 4 nitrogen and oxygen atoms in total. The van der Waals surface area contributed by atoms with E-state index in [9.17, 15) is 18.0 Å². The van der Waals surface area contributed by atoms with Crippen LogP contribution < -0.4 is 5.32 Å². The van der Waals surface area contributed by atoms with Crippen molar-refractivity contribution >= 4 is 5.91 Å². The van der Waals surface area contributed by atoms with Gasteiger partial charge in [-0.2, -0.15) is 18.3 Å². The molecule has 0 saturated carbocycles. The number of hydrogen-bond acceptors (Lipinski definition) is 2. The lowest BCUT2D eigenvalue weighted by Crippen LogP contribution is -2.38. The van der Waals surface area contributed by atoms with Crippen molar-refractivity contribution in [2.75, 3.05) is 0 Å². The smallest absolute Gasteiger partial charge is 0.340 e. The maximum Gasteiger partial charge on any atom is 0.471 e. The summed E-state index contributed by atoms with van der Waals surface area (Å²) in [7, 11) is 0. The molecular weight excluding hydrogens is 223 g/mol. The highest BCUT2D eigenvalue weighted by Crippen LogP contribution is 2.17. The molecule has 0 fully saturated rings. The van der Waals surface area contributed by atoms with Crippen LogP contribution in [-0.4, -0.2) is 21.9 Å². The van der Waals surface area contributed by atoms with Crippen molar-refractivity contribution in [3.05, 3.63) is 18.0 Å². The molecule has 0 bridgehead atoms. The van der Waals surface area contributed by atoms with Crippen LogP contribution in [-0.2, 0) is 11.3 Å². The van der Waals surface area contributed by atoms with Crippen LogP contribution in [0.5, 0.6) is 0 Å². The average Bonchev–Trinajstić information content (AvgIpc) is 2.64. The topological polar surface area (TPSA) is 46.9 Å². The number of alkyl halides is 3. The van der Waals surface area contributed by atoms with Gasteiger partial charge in [-0.3, -0.25) is 9.48 Å². The molecule has 0 aliphatic heterocycles. The lowest BCUT2D eigenvalue weighted by atomic mass is 10.2. The summed E-state index contributed by atoms with van der Waals surface area (Å²) in [5.74, 6) is -1.95. The Balaban J connectivity index is 2.65. The number of amides is 1. The highest BCUT2D eigenvalue weighted by Gasteiger charge is 2.39. The van der Waals surface area contributed by atoms with E-state index in [1.54, 1.807) is 16.9 Å². The first kappa shape index (κ1) is 12.5. The molecule has 90 valence electrons. The fourth-order valence-electron chi connectivity index (χ4n) is 1.14. The van der Waals surface area contributed by atoms with Gasteiger partial charge in [0.2, 0.25) is 0 Å². The van der Waals surface area contributed by atoms with E-state index in [2.05, 4.69) is 5.10 Å². The molecule has 7 heteroatoms. The number of aromatic nitrogens is 2. The molecule has 1 unspecified atom stereocenters. The molecule has 1 aromatic heterocycles. The Bertz CT molecular complexity index is 372. The van der Waals surface area contributed by atoms with E-state index in [4.69, 9.17) is 0 Å². The Morgan fingerprint density at radius 1 is 1.62 bits per heavy atom. The molecule has 1 rings (SSSR count). The first-order chi connectivity index (χ1) is 7.34. The molecule has 0 aliphatic carbocycles. The van der Waals surface area contributed by atoms with Gasteiger partial charge < -0.3 is 5.32 Å².